The van der Waals surface area contributed by atoms with Crippen LogP contribution in [0.15, 0.2) is 30.3 Å². The van der Waals surface area contributed by atoms with Crippen LogP contribution in [-0.4, -0.2) is 23.4 Å². The molecule has 1 aromatic rings. The first-order valence-corrected chi connectivity index (χ1v) is 6.69. The molecule has 5 heteroatoms. The molecular formula is C9H10BrNO2S. The molecule has 1 heterocycles. The molecule has 0 spiro atoms. The van der Waals surface area contributed by atoms with Crippen molar-refractivity contribution in [1.82, 2.24) is 4.31 Å². The van der Waals surface area contributed by atoms with Crippen LogP contribution in [0.1, 0.15) is 5.56 Å². The molecule has 1 unspecified atom stereocenters. The van der Waals surface area contributed by atoms with Crippen molar-refractivity contribution < 1.29 is 8.42 Å². The molecule has 0 bridgehead atoms. The molecule has 0 aromatic heterocycles. The van der Waals surface area contributed by atoms with Crippen molar-refractivity contribution in [3.8, 4) is 0 Å². The number of alkyl halides is 1. The number of hydrogen-bond acceptors (Lipinski definition) is 2. The zero-order valence-electron chi connectivity index (χ0n) is 7.43. The second-order valence-corrected chi connectivity index (χ2v) is 7.06. The summed E-state index contributed by atoms with van der Waals surface area (Å²) in [6, 6.07) is 9.59. The molecule has 14 heavy (non-hydrogen) atoms. The lowest BCUT2D eigenvalue weighted by Gasteiger charge is -2.34. The highest BCUT2D eigenvalue weighted by Gasteiger charge is 2.42. The van der Waals surface area contributed by atoms with Gasteiger partial charge in [0.25, 0.3) is 0 Å². The maximum absolute atomic E-state index is 11.4. The summed E-state index contributed by atoms with van der Waals surface area (Å²) in [5, 5.41) is 0. The van der Waals surface area contributed by atoms with Gasteiger partial charge in [-0.25, -0.2) is 8.42 Å². The van der Waals surface area contributed by atoms with Gasteiger partial charge in [0.15, 0.2) is 0 Å². The highest BCUT2D eigenvalue weighted by atomic mass is 79.9. The van der Waals surface area contributed by atoms with Crippen molar-refractivity contribution in [2.75, 3.05) is 6.54 Å². The fraction of sp³-hybridized carbons (Fsp3) is 0.333. The largest absolute Gasteiger partial charge is 0.228 e. The maximum Gasteiger partial charge on any atom is 0.228 e. The SMILES string of the molecule is O=S1(=O)C(Br)CN1Cc1ccccc1. The van der Waals surface area contributed by atoms with Crippen molar-refractivity contribution in [3.05, 3.63) is 35.9 Å². The maximum atomic E-state index is 11.4. The average molecular weight is 276 g/mol. The molecule has 0 radical (unpaired) electrons. The second kappa shape index (κ2) is 3.64. The predicted octanol–water partition coefficient (Wildman–Crippen LogP) is 1.55. The van der Waals surface area contributed by atoms with E-state index in [2.05, 4.69) is 15.9 Å². The number of benzene rings is 1. The van der Waals surface area contributed by atoms with Gasteiger partial charge < -0.3 is 0 Å². The van der Waals surface area contributed by atoms with E-state index in [0.717, 1.165) is 5.56 Å². The van der Waals surface area contributed by atoms with Gasteiger partial charge in [0, 0.05) is 13.1 Å². The standard InChI is InChI=1S/C9H10BrNO2S/c10-9-7-11(14(9,12)13)6-8-4-2-1-3-5-8/h1-5,9H,6-7H2. The van der Waals surface area contributed by atoms with E-state index < -0.39 is 14.2 Å². The Kier molecular flexibility index (Phi) is 2.64. The molecule has 1 fully saturated rings. The molecule has 1 aliphatic heterocycles. The van der Waals surface area contributed by atoms with Gasteiger partial charge >= 0.3 is 0 Å². The van der Waals surface area contributed by atoms with Gasteiger partial charge in [-0.05, 0) is 5.56 Å². The number of nitrogens with zero attached hydrogens (tertiary/aromatic N) is 1. The van der Waals surface area contributed by atoms with Crippen LogP contribution in [0, 0.1) is 0 Å². The molecule has 0 N–H and O–H groups in total. The van der Waals surface area contributed by atoms with Crippen LogP contribution < -0.4 is 0 Å². The van der Waals surface area contributed by atoms with Gasteiger partial charge in [0.1, 0.15) is 4.16 Å². The van der Waals surface area contributed by atoms with Crippen LogP contribution >= 0.6 is 15.9 Å². The lowest BCUT2D eigenvalue weighted by molar-refractivity contribution is 0.371. The van der Waals surface area contributed by atoms with Crippen molar-refractivity contribution >= 4 is 26.0 Å². The minimum Gasteiger partial charge on any atom is -0.211 e. The number of sulfonamides is 1. The Labute approximate surface area is 91.9 Å². The third-order valence-corrected chi connectivity index (χ3v) is 5.73. The van der Waals surface area contributed by atoms with Gasteiger partial charge in [-0.2, -0.15) is 4.31 Å². The first-order chi connectivity index (χ1) is 6.60. The van der Waals surface area contributed by atoms with Gasteiger partial charge in [-0.3, -0.25) is 0 Å². The summed E-state index contributed by atoms with van der Waals surface area (Å²) in [6.07, 6.45) is 0. The Morgan fingerprint density at radius 2 is 2.00 bits per heavy atom. The Morgan fingerprint density at radius 3 is 2.50 bits per heavy atom. The monoisotopic (exact) mass is 275 g/mol. The highest BCUT2D eigenvalue weighted by Crippen LogP contribution is 2.28. The van der Waals surface area contributed by atoms with Crippen molar-refractivity contribution in [2.45, 2.75) is 10.7 Å². The van der Waals surface area contributed by atoms with Crippen LogP contribution in [-0.2, 0) is 16.6 Å². The van der Waals surface area contributed by atoms with Crippen LogP contribution in [0.3, 0.4) is 0 Å². The van der Waals surface area contributed by atoms with Crippen LogP contribution in [0.2, 0.25) is 0 Å². The first-order valence-electron chi connectivity index (χ1n) is 4.27. The highest BCUT2D eigenvalue weighted by molar-refractivity contribution is 9.11. The Balaban J connectivity index is 2.08. The summed E-state index contributed by atoms with van der Waals surface area (Å²) >= 11 is 3.11. The smallest absolute Gasteiger partial charge is 0.211 e. The van der Waals surface area contributed by atoms with E-state index in [4.69, 9.17) is 0 Å². The third kappa shape index (κ3) is 1.71. The molecule has 1 aliphatic rings. The molecule has 76 valence electrons. The summed E-state index contributed by atoms with van der Waals surface area (Å²) in [7, 11) is -3.05. The quantitative estimate of drug-likeness (QED) is 0.769. The van der Waals surface area contributed by atoms with Gasteiger partial charge in [-0.1, -0.05) is 46.3 Å². The number of halogens is 1. The zero-order chi connectivity index (χ0) is 10.2. The fourth-order valence-electron chi connectivity index (χ4n) is 1.38. The van der Waals surface area contributed by atoms with Gasteiger partial charge in [0.2, 0.25) is 10.0 Å². The molecule has 0 aliphatic carbocycles. The summed E-state index contributed by atoms with van der Waals surface area (Å²) < 4.78 is 23.9. The van der Waals surface area contributed by atoms with E-state index in [-0.39, 0.29) is 0 Å². The van der Waals surface area contributed by atoms with E-state index in [1.807, 2.05) is 30.3 Å². The molecule has 1 saturated heterocycles. The number of hydrogen-bond donors (Lipinski definition) is 0. The zero-order valence-corrected chi connectivity index (χ0v) is 9.83. The summed E-state index contributed by atoms with van der Waals surface area (Å²) in [5.74, 6) is 0. The lowest BCUT2D eigenvalue weighted by atomic mass is 10.2. The van der Waals surface area contributed by atoms with E-state index in [1.165, 1.54) is 4.31 Å². The Hall–Kier alpha value is -0.390. The fourth-order valence-corrected chi connectivity index (χ4v) is 3.75. The summed E-state index contributed by atoms with van der Waals surface area (Å²) in [6.45, 7) is 1.04. The van der Waals surface area contributed by atoms with Crippen LogP contribution in [0.25, 0.3) is 0 Å². The van der Waals surface area contributed by atoms with Crippen LogP contribution in [0.5, 0.6) is 0 Å². The van der Waals surface area contributed by atoms with E-state index >= 15 is 0 Å². The first kappa shape index (κ1) is 10.1. The average Bonchev–Trinajstić information content (AvgIpc) is 2.19. The van der Waals surface area contributed by atoms with E-state index in [0.29, 0.717) is 13.1 Å². The topological polar surface area (TPSA) is 37.4 Å². The normalized spacial score (nSPS) is 25.6. The minimum absolute atomic E-state index is 0.390. The van der Waals surface area contributed by atoms with Crippen molar-refractivity contribution in [3.63, 3.8) is 0 Å². The summed E-state index contributed by atoms with van der Waals surface area (Å²) in [5.41, 5.74) is 1.02. The molecule has 0 amide bonds. The molecule has 0 saturated carbocycles. The number of rotatable bonds is 2. The van der Waals surface area contributed by atoms with Gasteiger partial charge in [0.05, 0.1) is 0 Å². The predicted molar refractivity (Wildman–Crippen MR) is 58.5 cm³/mol. The van der Waals surface area contributed by atoms with E-state index in [1.54, 1.807) is 0 Å². The second-order valence-electron chi connectivity index (χ2n) is 3.23. The van der Waals surface area contributed by atoms with Crippen LogP contribution in [0.4, 0.5) is 0 Å². The molecule has 2 rings (SSSR count). The molecule has 1 atom stereocenters. The Bertz CT molecular complexity index is 418. The minimum atomic E-state index is -3.05. The van der Waals surface area contributed by atoms with Gasteiger partial charge in [-0.15, -0.1) is 0 Å². The third-order valence-electron chi connectivity index (χ3n) is 2.23. The van der Waals surface area contributed by atoms with E-state index in [9.17, 15) is 8.42 Å². The molecule has 1 aromatic carbocycles. The van der Waals surface area contributed by atoms with Crippen molar-refractivity contribution in [1.29, 1.82) is 0 Å². The lowest BCUT2D eigenvalue weighted by Crippen LogP contribution is -2.51. The van der Waals surface area contributed by atoms with Crippen molar-refractivity contribution in [2.24, 2.45) is 0 Å². The Morgan fingerprint density at radius 1 is 1.36 bits per heavy atom. The molecular weight excluding hydrogens is 266 g/mol. The summed E-state index contributed by atoms with van der Waals surface area (Å²) in [4.78, 5) is 0. The molecule has 3 nitrogen and oxygen atoms in total.